The molecular weight excluding hydrogens is 393 g/mol. The molecule has 8 heteroatoms. The largest absolute Gasteiger partial charge is 0.367 e. The minimum atomic E-state index is -2.47. The lowest BCUT2D eigenvalue weighted by Gasteiger charge is -2.40. The van der Waals surface area contributed by atoms with Crippen molar-refractivity contribution >= 4 is 11.7 Å². The topological polar surface area (TPSA) is 50.2 Å². The summed E-state index contributed by atoms with van der Waals surface area (Å²) in [5, 5.41) is 7.61. The Morgan fingerprint density at radius 3 is 2.70 bits per heavy atom. The summed E-state index contributed by atoms with van der Waals surface area (Å²) in [6.07, 6.45) is 0.0669. The van der Waals surface area contributed by atoms with Gasteiger partial charge in [0.25, 0.3) is 6.43 Å². The van der Waals surface area contributed by atoms with E-state index in [1.165, 1.54) is 10.7 Å². The molecule has 1 aromatic heterocycles. The highest BCUT2D eigenvalue weighted by molar-refractivity contribution is 5.76. The van der Waals surface area contributed by atoms with Gasteiger partial charge in [-0.25, -0.2) is 17.9 Å². The van der Waals surface area contributed by atoms with E-state index in [4.69, 9.17) is 0 Å². The highest BCUT2D eigenvalue weighted by Gasteiger charge is 2.38. The summed E-state index contributed by atoms with van der Waals surface area (Å²) >= 11 is 0. The number of nitrogens with one attached hydrogen (secondary N) is 1. The van der Waals surface area contributed by atoms with Crippen LogP contribution in [0.2, 0.25) is 0 Å². The van der Waals surface area contributed by atoms with Crippen LogP contribution in [0.3, 0.4) is 0 Å². The Labute approximate surface area is 174 Å². The average Bonchev–Trinajstić information content (AvgIpc) is 3.12. The molecule has 0 spiro atoms. The van der Waals surface area contributed by atoms with Crippen LogP contribution in [0.4, 0.5) is 19.0 Å². The molecule has 1 fully saturated rings. The standard InChI is InChI=1S/C22H27F3N4O/c1-14-12-20-26-18(13-19(22(24)25)29(20)27-14)16-8-10-28(11-9-16)21(30)7-6-15-4-2-3-5-17(15)23/h2-5,12,16,18-19,22,26H,6-11,13H2,1H3/t18-,19+/m0/s1. The van der Waals surface area contributed by atoms with Gasteiger partial charge in [0.2, 0.25) is 5.91 Å². The maximum atomic E-state index is 13.7. The van der Waals surface area contributed by atoms with Crippen molar-refractivity contribution < 1.29 is 18.0 Å². The molecule has 0 saturated carbocycles. The predicted octanol–water partition coefficient (Wildman–Crippen LogP) is 4.19. The third kappa shape index (κ3) is 4.32. The number of piperidine rings is 1. The monoisotopic (exact) mass is 420 g/mol. The lowest BCUT2D eigenvalue weighted by Crippen LogP contribution is -2.46. The minimum absolute atomic E-state index is 0.0208. The van der Waals surface area contributed by atoms with Crippen LogP contribution in [0, 0.1) is 18.7 Å². The zero-order chi connectivity index (χ0) is 21.3. The Morgan fingerprint density at radius 2 is 2.00 bits per heavy atom. The van der Waals surface area contributed by atoms with Gasteiger partial charge in [0, 0.05) is 31.6 Å². The van der Waals surface area contributed by atoms with Crippen molar-refractivity contribution in [3.8, 4) is 0 Å². The van der Waals surface area contributed by atoms with E-state index in [1.807, 2.05) is 11.0 Å². The zero-order valence-corrected chi connectivity index (χ0v) is 17.0. The third-order valence-electron chi connectivity index (χ3n) is 6.32. The summed E-state index contributed by atoms with van der Waals surface area (Å²) in [7, 11) is 0. The molecule has 2 atom stereocenters. The fraction of sp³-hybridized carbons (Fsp3) is 0.545. The quantitative estimate of drug-likeness (QED) is 0.789. The number of aryl methyl sites for hydroxylation is 2. The molecule has 0 unspecified atom stereocenters. The number of nitrogens with zero attached hydrogens (tertiary/aromatic N) is 3. The summed E-state index contributed by atoms with van der Waals surface area (Å²) in [5.41, 5.74) is 1.27. The summed E-state index contributed by atoms with van der Waals surface area (Å²) in [6, 6.07) is 7.35. The third-order valence-corrected chi connectivity index (χ3v) is 6.32. The van der Waals surface area contributed by atoms with Gasteiger partial charge in [-0.3, -0.25) is 4.79 Å². The number of benzene rings is 1. The first-order chi connectivity index (χ1) is 14.4. The first kappa shape index (κ1) is 20.8. The smallest absolute Gasteiger partial charge is 0.260 e. The summed E-state index contributed by atoms with van der Waals surface area (Å²) in [6.45, 7) is 3.02. The van der Waals surface area contributed by atoms with Gasteiger partial charge in [0.15, 0.2) is 0 Å². The maximum Gasteiger partial charge on any atom is 0.260 e. The summed E-state index contributed by atoms with van der Waals surface area (Å²) < 4.78 is 42.4. The lowest BCUT2D eigenvalue weighted by atomic mass is 9.85. The van der Waals surface area contributed by atoms with Crippen LogP contribution < -0.4 is 5.32 Å². The maximum absolute atomic E-state index is 13.7. The number of fused-ring (bicyclic) bond motifs is 1. The number of amides is 1. The SMILES string of the molecule is Cc1cc2n(n1)[C@@H](C(F)F)C[C@@H](C1CCN(C(=O)CCc3ccccc3F)CC1)N2. The number of halogens is 3. The first-order valence-electron chi connectivity index (χ1n) is 10.5. The van der Waals surface area contributed by atoms with E-state index in [-0.39, 0.29) is 30.1 Å². The van der Waals surface area contributed by atoms with Crippen molar-refractivity contribution in [3.05, 3.63) is 47.4 Å². The van der Waals surface area contributed by atoms with E-state index in [9.17, 15) is 18.0 Å². The van der Waals surface area contributed by atoms with Crippen molar-refractivity contribution in [2.24, 2.45) is 5.92 Å². The molecule has 5 nitrogen and oxygen atoms in total. The first-order valence-corrected chi connectivity index (χ1v) is 10.5. The molecule has 2 aromatic rings. The van der Waals surface area contributed by atoms with Crippen LogP contribution in [0.25, 0.3) is 0 Å². The molecule has 30 heavy (non-hydrogen) atoms. The average molecular weight is 420 g/mol. The Balaban J connectivity index is 1.32. The van der Waals surface area contributed by atoms with Crippen LogP contribution in [-0.2, 0) is 11.2 Å². The van der Waals surface area contributed by atoms with Crippen LogP contribution in [0.15, 0.2) is 30.3 Å². The highest BCUT2D eigenvalue weighted by atomic mass is 19.3. The molecule has 4 rings (SSSR count). The molecule has 0 radical (unpaired) electrons. The highest BCUT2D eigenvalue weighted by Crippen LogP contribution is 2.37. The van der Waals surface area contributed by atoms with Gasteiger partial charge in [-0.05, 0) is 50.2 Å². The molecule has 162 valence electrons. The molecule has 0 bridgehead atoms. The number of hydrogen-bond acceptors (Lipinski definition) is 3. The van der Waals surface area contributed by atoms with Gasteiger partial charge in [-0.15, -0.1) is 0 Å². The van der Waals surface area contributed by atoms with Crippen molar-refractivity contribution in [2.75, 3.05) is 18.4 Å². The molecular formula is C22H27F3N4O. The molecule has 1 saturated heterocycles. The Morgan fingerprint density at radius 1 is 1.27 bits per heavy atom. The van der Waals surface area contributed by atoms with Gasteiger partial charge in [-0.1, -0.05) is 18.2 Å². The van der Waals surface area contributed by atoms with Gasteiger partial charge < -0.3 is 10.2 Å². The van der Waals surface area contributed by atoms with Crippen molar-refractivity contribution in [2.45, 2.75) is 57.5 Å². The van der Waals surface area contributed by atoms with E-state index in [0.717, 1.165) is 18.5 Å². The molecule has 1 aromatic carbocycles. The Bertz CT molecular complexity index is 892. The fourth-order valence-corrected chi connectivity index (χ4v) is 4.66. The summed E-state index contributed by atoms with van der Waals surface area (Å²) in [4.78, 5) is 14.4. The van der Waals surface area contributed by atoms with E-state index in [2.05, 4.69) is 10.4 Å². The number of likely N-dealkylation sites (tertiary alicyclic amines) is 1. The van der Waals surface area contributed by atoms with Gasteiger partial charge >= 0.3 is 0 Å². The zero-order valence-electron chi connectivity index (χ0n) is 17.0. The lowest BCUT2D eigenvalue weighted by molar-refractivity contribution is -0.132. The number of alkyl halides is 2. The second-order valence-electron chi connectivity index (χ2n) is 8.31. The fourth-order valence-electron chi connectivity index (χ4n) is 4.66. The van der Waals surface area contributed by atoms with Crippen molar-refractivity contribution in [1.82, 2.24) is 14.7 Å². The predicted molar refractivity (Wildman–Crippen MR) is 108 cm³/mol. The Kier molecular flexibility index (Phi) is 6.01. The molecule has 2 aliphatic heterocycles. The van der Waals surface area contributed by atoms with E-state index in [1.54, 1.807) is 25.1 Å². The van der Waals surface area contributed by atoms with Gasteiger partial charge in [0.05, 0.1) is 5.69 Å². The van der Waals surface area contributed by atoms with Crippen LogP contribution >= 0.6 is 0 Å². The van der Waals surface area contributed by atoms with E-state index < -0.39 is 12.5 Å². The number of carbonyl (C=O) groups excluding carboxylic acids is 1. The van der Waals surface area contributed by atoms with E-state index in [0.29, 0.717) is 37.3 Å². The minimum Gasteiger partial charge on any atom is -0.367 e. The molecule has 1 N–H and O–H groups in total. The molecule has 2 aliphatic rings. The Hall–Kier alpha value is -2.51. The number of carbonyl (C=O) groups is 1. The van der Waals surface area contributed by atoms with Crippen molar-refractivity contribution in [3.63, 3.8) is 0 Å². The second-order valence-corrected chi connectivity index (χ2v) is 8.31. The van der Waals surface area contributed by atoms with Gasteiger partial charge in [-0.2, -0.15) is 5.10 Å². The number of anilines is 1. The number of hydrogen-bond donors (Lipinski definition) is 1. The second kappa shape index (κ2) is 8.70. The number of rotatable bonds is 5. The normalized spacial score (nSPS) is 22.1. The van der Waals surface area contributed by atoms with Gasteiger partial charge in [0.1, 0.15) is 17.7 Å². The molecule has 1 amide bonds. The van der Waals surface area contributed by atoms with Crippen LogP contribution in [-0.4, -0.2) is 46.1 Å². The number of aromatic nitrogens is 2. The molecule has 0 aliphatic carbocycles. The van der Waals surface area contributed by atoms with E-state index >= 15 is 0 Å². The summed E-state index contributed by atoms with van der Waals surface area (Å²) in [5.74, 6) is 0.617. The van der Waals surface area contributed by atoms with Crippen LogP contribution in [0.1, 0.15) is 43.0 Å². The van der Waals surface area contributed by atoms with Crippen molar-refractivity contribution in [1.29, 1.82) is 0 Å². The molecule has 3 heterocycles. The van der Waals surface area contributed by atoms with Crippen LogP contribution in [0.5, 0.6) is 0 Å².